The number of carbonyl (C=O) groups is 3. The standard InChI is InChI=1S/C16H20N4O6S/c1-9(2)17-16(23)19-13(21)8-26-15(22)10(3)18-14-11-6-4-5-7-12(11)27(24,25)20-14/h4-7,9-10H,8H2,1-3H3,(H,18,20)(H2,17,19,21,23)/t10-/m0/s1. The van der Waals surface area contributed by atoms with Crippen LogP contribution in [0.5, 0.6) is 0 Å². The monoisotopic (exact) mass is 396 g/mol. The third kappa shape index (κ3) is 5.26. The van der Waals surface area contributed by atoms with Crippen LogP contribution < -0.4 is 15.4 Å². The number of nitrogens with one attached hydrogen (secondary N) is 3. The number of carbonyl (C=O) groups excluding carboxylic acids is 3. The lowest BCUT2D eigenvalue weighted by Gasteiger charge is -2.11. The summed E-state index contributed by atoms with van der Waals surface area (Å²) >= 11 is 0. The Bertz CT molecular complexity index is 894. The number of esters is 1. The van der Waals surface area contributed by atoms with Gasteiger partial charge in [-0.25, -0.2) is 18.0 Å². The van der Waals surface area contributed by atoms with Crippen molar-refractivity contribution >= 4 is 33.8 Å². The first-order chi connectivity index (χ1) is 12.6. The van der Waals surface area contributed by atoms with Crippen LogP contribution in [0.2, 0.25) is 0 Å². The zero-order chi connectivity index (χ0) is 20.2. The molecule has 1 atom stereocenters. The summed E-state index contributed by atoms with van der Waals surface area (Å²) in [4.78, 5) is 39.0. The number of hydrogen-bond acceptors (Lipinski definition) is 7. The van der Waals surface area contributed by atoms with Crippen molar-refractivity contribution in [1.82, 2.24) is 15.4 Å². The number of ether oxygens (including phenoxy) is 1. The second-order valence-electron chi connectivity index (χ2n) is 6.04. The lowest BCUT2D eigenvalue weighted by atomic mass is 10.2. The number of imide groups is 1. The van der Waals surface area contributed by atoms with Gasteiger partial charge in [0.05, 0.1) is 4.90 Å². The van der Waals surface area contributed by atoms with E-state index < -0.39 is 40.6 Å². The third-order valence-electron chi connectivity index (χ3n) is 3.34. The fourth-order valence-electron chi connectivity index (χ4n) is 2.19. The van der Waals surface area contributed by atoms with Crippen LogP contribution in [0.25, 0.3) is 0 Å². The highest BCUT2D eigenvalue weighted by Crippen LogP contribution is 2.22. The summed E-state index contributed by atoms with van der Waals surface area (Å²) in [6.07, 6.45) is 0. The molecule has 0 saturated heterocycles. The Morgan fingerprint density at radius 2 is 1.85 bits per heavy atom. The van der Waals surface area contributed by atoms with Crippen molar-refractivity contribution in [3.05, 3.63) is 29.8 Å². The highest BCUT2D eigenvalue weighted by atomic mass is 32.2. The quantitative estimate of drug-likeness (QED) is 0.593. The van der Waals surface area contributed by atoms with Gasteiger partial charge in [0.25, 0.3) is 15.9 Å². The highest BCUT2D eigenvalue weighted by Gasteiger charge is 2.31. The van der Waals surface area contributed by atoms with Crippen LogP contribution in [0.1, 0.15) is 26.3 Å². The van der Waals surface area contributed by atoms with Gasteiger partial charge in [0.15, 0.2) is 6.61 Å². The first-order valence-electron chi connectivity index (χ1n) is 8.07. The number of aliphatic imine (C=N–C) groups is 1. The third-order valence-corrected chi connectivity index (χ3v) is 4.74. The molecule has 0 unspecified atom stereocenters. The first-order valence-corrected chi connectivity index (χ1v) is 9.55. The van der Waals surface area contributed by atoms with Gasteiger partial charge in [-0.15, -0.1) is 0 Å². The van der Waals surface area contributed by atoms with Crippen LogP contribution in [0, 0.1) is 0 Å². The maximum atomic E-state index is 12.0. The fourth-order valence-corrected chi connectivity index (χ4v) is 3.43. The van der Waals surface area contributed by atoms with Gasteiger partial charge < -0.3 is 10.1 Å². The van der Waals surface area contributed by atoms with Crippen molar-refractivity contribution in [2.45, 2.75) is 37.8 Å². The molecule has 0 radical (unpaired) electrons. The fraction of sp³-hybridized carbons (Fsp3) is 0.375. The molecule has 1 aromatic rings. The molecule has 0 fully saturated rings. The van der Waals surface area contributed by atoms with Crippen LogP contribution in [-0.2, 0) is 24.3 Å². The highest BCUT2D eigenvalue weighted by molar-refractivity contribution is 7.90. The Morgan fingerprint density at radius 3 is 2.52 bits per heavy atom. The molecule has 146 valence electrons. The largest absolute Gasteiger partial charge is 0.454 e. The Morgan fingerprint density at radius 1 is 1.19 bits per heavy atom. The number of amidine groups is 1. The maximum Gasteiger partial charge on any atom is 0.331 e. The molecule has 27 heavy (non-hydrogen) atoms. The van der Waals surface area contributed by atoms with Gasteiger partial charge in [-0.05, 0) is 32.9 Å². The molecule has 1 heterocycles. The predicted octanol–water partition coefficient (Wildman–Crippen LogP) is -0.109. The van der Waals surface area contributed by atoms with Crippen molar-refractivity contribution in [2.24, 2.45) is 4.99 Å². The molecule has 0 spiro atoms. The molecule has 10 nitrogen and oxygen atoms in total. The van der Waals surface area contributed by atoms with Crippen LogP contribution in [0.3, 0.4) is 0 Å². The van der Waals surface area contributed by atoms with Gasteiger partial charge >= 0.3 is 12.0 Å². The summed E-state index contributed by atoms with van der Waals surface area (Å²) in [5.74, 6) is -1.62. The Hall–Kier alpha value is -2.95. The minimum Gasteiger partial charge on any atom is -0.454 e. The number of urea groups is 1. The molecule has 11 heteroatoms. The van der Waals surface area contributed by atoms with Gasteiger partial charge in [-0.2, -0.15) is 0 Å². The summed E-state index contributed by atoms with van der Waals surface area (Å²) in [5, 5.41) is 4.46. The van der Waals surface area contributed by atoms with Crippen LogP contribution in [0.15, 0.2) is 34.2 Å². The average Bonchev–Trinajstić information content (AvgIpc) is 2.82. The SMILES string of the molecule is CC(C)NC(=O)NC(=O)COC(=O)[C@H](C)N=C1NS(=O)(=O)c2ccccc21. The van der Waals surface area contributed by atoms with Crippen molar-refractivity contribution in [3.63, 3.8) is 0 Å². The van der Waals surface area contributed by atoms with Gasteiger partial charge in [0.2, 0.25) is 0 Å². The molecule has 0 saturated carbocycles. The van der Waals surface area contributed by atoms with Gasteiger partial charge in [0.1, 0.15) is 11.9 Å². The first kappa shape index (κ1) is 20.4. The van der Waals surface area contributed by atoms with E-state index >= 15 is 0 Å². The van der Waals surface area contributed by atoms with Crippen molar-refractivity contribution in [1.29, 1.82) is 0 Å². The van der Waals surface area contributed by atoms with Gasteiger partial charge in [0, 0.05) is 11.6 Å². The Kier molecular flexibility index (Phi) is 6.16. The van der Waals surface area contributed by atoms with E-state index in [0.29, 0.717) is 5.56 Å². The Balaban J connectivity index is 1.96. The molecular formula is C16H20N4O6S. The lowest BCUT2D eigenvalue weighted by Crippen LogP contribution is -2.44. The summed E-state index contributed by atoms with van der Waals surface area (Å²) in [6, 6.07) is 4.29. The number of nitrogens with zero attached hydrogens (tertiary/aromatic N) is 1. The van der Waals surface area contributed by atoms with E-state index in [1.54, 1.807) is 32.0 Å². The number of sulfonamides is 1. The molecule has 1 aliphatic rings. The summed E-state index contributed by atoms with van der Waals surface area (Å²) in [7, 11) is -3.72. The van der Waals surface area contributed by atoms with E-state index in [0.717, 1.165) is 0 Å². The second-order valence-corrected chi connectivity index (χ2v) is 7.69. The zero-order valence-electron chi connectivity index (χ0n) is 15.0. The summed E-state index contributed by atoms with van der Waals surface area (Å²) in [6.45, 7) is 4.18. The molecule has 1 aliphatic heterocycles. The molecule has 3 N–H and O–H groups in total. The maximum absolute atomic E-state index is 12.0. The van der Waals surface area contributed by atoms with Gasteiger partial charge in [-0.1, -0.05) is 12.1 Å². The van der Waals surface area contributed by atoms with Crippen molar-refractivity contribution in [2.75, 3.05) is 6.61 Å². The number of benzene rings is 1. The molecule has 0 aromatic heterocycles. The topological polar surface area (TPSA) is 143 Å². The molecule has 0 bridgehead atoms. The minimum absolute atomic E-state index is 0.0239. The van der Waals surface area contributed by atoms with E-state index in [4.69, 9.17) is 4.74 Å². The van der Waals surface area contributed by atoms with E-state index in [1.807, 2.05) is 5.32 Å². The van der Waals surface area contributed by atoms with E-state index in [-0.39, 0.29) is 16.8 Å². The lowest BCUT2D eigenvalue weighted by molar-refractivity contribution is -0.149. The Labute approximate surface area is 156 Å². The van der Waals surface area contributed by atoms with Gasteiger partial charge in [-0.3, -0.25) is 19.8 Å². The average molecular weight is 396 g/mol. The molecule has 1 aromatic carbocycles. The van der Waals surface area contributed by atoms with E-state index in [9.17, 15) is 22.8 Å². The number of rotatable bonds is 5. The normalized spacial score (nSPS) is 17.0. The molecule has 3 amide bonds. The number of hydrogen-bond donors (Lipinski definition) is 3. The number of amides is 3. The number of fused-ring (bicyclic) bond motifs is 1. The molecule has 2 rings (SSSR count). The van der Waals surface area contributed by atoms with Crippen LogP contribution in [-0.4, -0.2) is 50.9 Å². The van der Waals surface area contributed by atoms with E-state index in [1.165, 1.54) is 13.0 Å². The smallest absolute Gasteiger partial charge is 0.331 e. The second kappa shape index (κ2) is 8.16. The van der Waals surface area contributed by atoms with E-state index in [2.05, 4.69) is 15.0 Å². The minimum atomic E-state index is -3.72. The van der Waals surface area contributed by atoms with Crippen LogP contribution in [0.4, 0.5) is 4.79 Å². The van der Waals surface area contributed by atoms with Crippen molar-refractivity contribution in [3.8, 4) is 0 Å². The van der Waals surface area contributed by atoms with Crippen LogP contribution >= 0.6 is 0 Å². The zero-order valence-corrected chi connectivity index (χ0v) is 15.8. The summed E-state index contributed by atoms with van der Waals surface area (Å²) < 4.78 is 31.1. The predicted molar refractivity (Wildman–Crippen MR) is 95.5 cm³/mol. The molecule has 0 aliphatic carbocycles. The molecular weight excluding hydrogens is 376 g/mol. The van der Waals surface area contributed by atoms with Crippen molar-refractivity contribution < 1.29 is 27.5 Å². The summed E-state index contributed by atoms with van der Waals surface area (Å²) in [5.41, 5.74) is 0.347.